The van der Waals surface area contributed by atoms with Crippen LogP contribution >= 0.6 is 0 Å². The Kier molecular flexibility index (Phi) is 7.38. The van der Waals surface area contributed by atoms with Crippen LogP contribution in [0.5, 0.6) is 11.5 Å². The quantitative estimate of drug-likeness (QED) is 0.769. The fraction of sp³-hybridized carbons (Fsp3) is 0.529. The molecule has 1 rings (SSSR count). The van der Waals surface area contributed by atoms with Gasteiger partial charge >= 0.3 is 0 Å². The van der Waals surface area contributed by atoms with Crippen molar-refractivity contribution in [1.82, 2.24) is 0 Å². The third-order valence-corrected chi connectivity index (χ3v) is 3.34. The minimum absolute atomic E-state index is 0.0776. The molecule has 0 saturated carbocycles. The summed E-state index contributed by atoms with van der Waals surface area (Å²) in [5.41, 5.74) is 1.03. The summed E-state index contributed by atoms with van der Waals surface area (Å²) in [4.78, 5) is 23.8. The number of benzene rings is 1. The van der Waals surface area contributed by atoms with Gasteiger partial charge in [0.1, 0.15) is 11.5 Å². The zero-order chi connectivity index (χ0) is 17.4. The van der Waals surface area contributed by atoms with Crippen molar-refractivity contribution < 1.29 is 19.1 Å². The highest BCUT2D eigenvalue weighted by Crippen LogP contribution is 2.36. The number of anilines is 2. The Morgan fingerprint density at radius 1 is 1.04 bits per heavy atom. The van der Waals surface area contributed by atoms with Crippen molar-refractivity contribution in [3.63, 3.8) is 0 Å². The first-order valence-corrected chi connectivity index (χ1v) is 7.79. The van der Waals surface area contributed by atoms with Crippen molar-refractivity contribution in [1.29, 1.82) is 0 Å². The third-order valence-electron chi connectivity index (χ3n) is 3.34. The Morgan fingerprint density at radius 2 is 1.57 bits per heavy atom. The Hall–Kier alpha value is -2.24. The Balaban J connectivity index is 3.05. The number of carbonyl (C=O) groups excluding carboxylic acids is 2. The molecule has 0 aliphatic carbocycles. The molecule has 0 heterocycles. The van der Waals surface area contributed by atoms with Crippen LogP contribution in [0.2, 0.25) is 0 Å². The van der Waals surface area contributed by atoms with E-state index in [0.29, 0.717) is 29.3 Å². The van der Waals surface area contributed by atoms with Crippen LogP contribution in [0.25, 0.3) is 0 Å². The Bertz CT molecular complexity index is 556. The first kappa shape index (κ1) is 18.8. The first-order chi connectivity index (χ1) is 10.9. The lowest BCUT2D eigenvalue weighted by atomic mass is 10.1. The largest absolute Gasteiger partial charge is 0.494 e. The highest BCUT2D eigenvalue weighted by molar-refractivity contribution is 5.96. The van der Waals surface area contributed by atoms with Crippen LogP contribution in [-0.2, 0) is 9.59 Å². The summed E-state index contributed by atoms with van der Waals surface area (Å²) in [6, 6.07) is 3.30. The van der Waals surface area contributed by atoms with Gasteiger partial charge in [0, 0.05) is 24.5 Å². The molecule has 0 unspecified atom stereocenters. The van der Waals surface area contributed by atoms with E-state index in [2.05, 4.69) is 10.6 Å². The van der Waals surface area contributed by atoms with Crippen LogP contribution in [0.1, 0.15) is 40.0 Å². The summed E-state index contributed by atoms with van der Waals surface area (Å²) in [5.74, 6) is 0.579. The molecule has 2 amide bonds. The van der Waals surface area contributed by atoms with Crippen LogP contribution < -0.4 is 20.1 Å². The molecule has 6 heteroatoms. The number of carbonyl (C=O) groups is 2. The van der Waals surface area contributed by atoms with Crippen LogP contribution in [-0.4, -0.2) is 26.0 Å². The predicted octanol–water partition coefficient (Wildman–Crippen LogP) is 3.43. The minimum atomic E-state index is -0.154. The van der Waals surface area contributed by atoms with Gasteiger partial charge in [0.05, 0.1) is 25.6 Å². The molecule has 0 spiro atoms. The number of nitrogens with one attached hydrogen (secondary N) is 2. The molecule has 2 N–H and O–H groups in total. The molecule has 0 radical (unpaired) electrons. The summed E-state index contributed by atoms with van der Waals surface area (Å²) in [6.45, 7) is 5.64. The maximum Gasteiger partial charge on any atom is 0.227 e. The fourth-order valence-electron chi connectivity index (χ4n) is 1.92. The highest BCUT2D eigenvalue weighted by atomic mass is 16.5. The van der Waals surface area contributed by atoms with Gasteiger partial charge in [-0.3, -0.25) is 9.59 Å². The number of rotatable bonds is 8. The van der Waals surface area contributed by atoms with E-state index in [1.807, 2.05) is 6.92 Å². The lowest BCUT2D eigenvalue weighted by Crippen LogP contribution is -2.18. The molecule has 0 aromatic heterocycles. The van der Waals surface area contributed by atoms with Gasteiger partial charge in [0.2, 0.25) is 11.8 Å². The predicted molar refractivity (Wildman–Crippen MR) is 91.2 cm³/mol. The zero-order valence-corrected chi connectivity index (χ0v) is 14.5. The van der Waals surface area contributed by atoms with E-state index in [1.54, 1.807) is 26.0 Å². The lowest BCUT2D eigenvalue weighted by Gasteiger charge is -2.17. The molecule has 0 bridgehead atoms. The second-order valence-electron chi connectivity index (χ2n) is 5.55. The Morgan fingerprint density at radius 3 is 2.00 bits per heavy atom. The summed E-state index contributed by atoms with van der Waals surface area (Å²) < 4.78 is 10.6. The molecule has 23 heavy (non-hydrogen) atoms. The van der Waals surface area contributed by atoms with E-state index in [-0.39, 0.29) is 17.7 Å². The van der Waals surface area contributed by atoms with Crippen molar-refractivity contribution in [3.05, 3.63) is 12.1 Å². The van der Waals surface area contributed by atoms with Gasteiger partial charge in [-0.2, -0.15) is 0 Å². The molecule has 6 nitrogen and oxygen atoms in total. The summed E-state index contributed by atoms with van der Waals surface area (Å²) in [5, 5.41) is 5.61. The minimum Gasteiger partial charge on any atom is -0.494 e. The molecule has 1 aromatic rings. The number of hydrogen-bond acceptors (Lipinski definition) is 4. The van der Waals surface area contributed by atoms with Gasteiger partial charge in [-0.05, 0) is 6.42 Å². The molecule has 0 fully saturated rings. The standard InChI is InChI=1S/C17H26N2O4/c1-6-7-8-16(20)18-12-9-15(23-5)13(10-14(12)22-4)19-17(21)11(2)3/h9-11H,6-8H2,1-5H3,(H,18,20)(H,19,21). The summed E-state index contributed by atoms with van der Waals surface area (Å²) in [6.07, 6.45) is 2.23. The molecule has 0 aliphatic rings. The van der Waals surface area contributed by atoms with Crippen molar-refractivity contribution in [3.8, 4) is 11.5 Å². The number of methoxy groups -OCH3 is 2. The van der Waals surface area contributed by atoms with Crippen LogP contribution in [0.3, 0.4) is 0 Å². The normalized spacial score (nSPS) is 10.3. The zero-order valence-electron chi connectivity index (χ0n) is 14.5. The van der Waals surface area contributed by atoms with E-state index < -0.39 is 0 Å². The molecule has 0 saturated heterocycles. The molecule has 0 atom stereocenters. The van der Waals surface area contributed by atoms with Crippen LogP contribution in [0, 0.1) is 5.92 Å². The number of hydrogen-bond donors (Lipinski definition) is 2. The molecule has 0 aliphatic heterocycles. The number of amides is 2. The fourth-order valence-corrected chi connectivity index (χ4v) is 1.92. The van der Waals surface area contributed by atoms with E-state index in [1.165, 1.54) is 14.2 Å². The molecular weight excluding hydrogens is 296 g/mol. The van der Waals surface area contributed by atoms with Gasteiger partial charge in [-0.15, -0.1) is 0 Å². The maximum absolute atomic E-state index is 11.9. The maximum atomic E-state index is 11.9. The van der Waals surface area contributed by atoms with Gasteiger partial charge in [0.25, 0.3) is 0 Å². The summed E-state index contributed by atoms with van der Waals surface area (Å²) in [7, 11) is 3.02. The van der Waals surface area contributed by atoms with E-state index >= 15 is 0 Å². The summed E-state index contributed by atoms with van der Waals surface area (Å²) >= 11 is 0. The lowest BCUT2D eigenvalue weighted by molar-refractivity contribution is -0.119. The average molecular weight is 322 g/mol. The molecule has 128 valence electrons. The van der Waals surface area contributed by atoms with E-state index in [4.69, 9.17) is 9.47 Å². The second kappa shape index (κ2) is 9.02. The Labute approximate surface area is 137 Å². The van der Waals surface area contributed by atoms with Crippen LogP contribution in [0.4, 0.5) is 11.4 Å². The van der Waals surface area contributed by atoms with Crippen molar-refractivity contribution in [2.45, 2.75) is 40.0 Å². The van der Waals surface area contributed by atoms with Gasteiger partial charge in [-0.25, -0.2) is 0 Å². The van der Waals surface area contributed by atoms with Crippen molar-refractivity contribution in [2.24, 2.45) is 5.92 Å². The monoisotopic (exact) mass is 322 g/mol. The SMILES string of the molecule is CCCCC(=O)Nc1cc(OC)c(NC(=O)C(C)C)cc1OC. The smallest absolute Gasteiger partial charge is 0.227 e. The van der Waals surface area contributed by atoms with Gasteiger partial charge < -0.3 is 20.1 Å². The molecule has 1 aromatic carbocycles. The average Bonchev–Trinajstić information content (AvgIpc) is 2.53. The molecular formula is C17H26N2O4. The van der Waals surface area contributed by atoms with E-state index in [9.17, 15) is 9.59 Å². The van der Waals surface area contributed by atoms with Crippen molar-refractivity contribution in [2.75, 3.05) is 24.9 Å². The van der Waals surface area contributed by atoms with Gasteiger partial charge in [0.15, 0.2) is 0 Å². The van der Waals surface area contributed by atoms with Crippen LogP contribution in [0.15, 0.2) is 12.1 Å². The topological polar surface area (TPSA) is 76.7 Å². The van der Waals surface area contributed by atoms with E-state index in [0.717, 1.165) is 12.8 Å². The van der Waals surface area contributed by atoms with Crippen molar-refractivity contribution >= 4 is 23.2 Å². The number of unbranched alkanes of at least 4 members (excludes halogenated alkanes) is 1. The number of ether oxygens (including phenoxy) is 2. The van der Waals surface area contributed by atoms with Gasteiger partial charge in [-0.1, -0.05) is 27.2 Å². The third kappa shape index (κ3) is 5.47. The highest BCUT2D eigenvalue weighted by Gasteiger charge is 2.16. The second-order valence-corrected chi connectivity index (χ2v) is 5.55. The first-order valence-electron chi connectivity index (χ1n) is 7.79.